The molecule has 0 aliphatic carbocycles. The van der Waals surface area contributed by atoms with Gasteiger partial charge in [-0.15, -0.1) is 12.4 Å². The van der Waals surface area contributed by atoms with E-state index in [1.807, 2.05) is 6.07 Å². The van der Waals surface area contributed by atoms with Gasteiger partial charge in [-0.05, 0) is 61.3 Å². The predicted molar refractivity (Wildman–Crippen MR) is 134 cm³/mol. The summed E-state index contributed by atoms with van der Waals surface area (Å²) in [6.07, 6.45) is 3.68. The molecular weight excluding hydrogens is 461 g/mol. The molecule has 8 heteroatoms. The van der Waals surface area contributed by atoms with Crippen LogP contribution in [0, 0.1) is 0 Å². The maximum Gasteiger partial charge on any atom is 0.138 e. The lowest BCUT2D eigenvalue weighted by Gasteiger charge is -2.26. The van der Waals surface area contributed by atoms with Crippen LogP contribution in [0.1, 0.15) is 48.6 Å². The van der Waals surface area contributed by atoms with Gasteiger partial charge >= 0.3 is 0 Å². The first-order chi connectivity index (χ1) is 15.6. The first kappa shape index (κ1) is 24.3. The second kappa shape index (κ2) is 10.6. The molecule has 6 nitrogen and oxygen atoms in total. The van der Waals surface area contributed by atoms with Gasteiger partial charge in [0, 0.05) is 53.8 Å². The molecule has 1 fully saturated rings. The molecule has 1 saturated heterocycles. The molecule has 33 heavy (non-hydrogen) atoms. The van der Waals surface area contributed by atoms with E-state index in [0.717, 1.165) is 39.8 Å². The molecule has 3 heterocycles. The highest BCUT2D eigenvalue weighted by molar-refractivity contribution is 6.33. The molecule has 0 spiro atoms. The number of H-pyrrole nitrogens is 1. The van der Waals surface area contributed by atoms with Crippen LogP contribution in [0.25, 0.3) is 22.2 Å². The van der Waals surface area contributed by atoms with Gasteiger partial charge in [0.2, 0.25) is 0 Å². The first-order valence-corrected chi connectivity index (χ1v) is 11.9. The van der Waals surface area contributed by atoms with Gasteiger partial charge in [0.25, 0.3) is 0 Å². The van der Waals surface area contributed by atoms with E-state index in [2.05, 4.69) is 39.5 Å². The van der Waals surface area contributed by atoms with Gasteiger partial charge in [0.1, 0.15) is 12.0 Å². The van der Waals surface area contributed by atoms with Crippen LogP contribution >= 0.6 is 24.0 Å². The molecule has 178 valence electrons. The third-order valence-corrected chi connectivity index (χ3v) is 6.92. The summed E-state index contributed by atoms with van der Waals surface area (Å²) in [4.78, 5) is 6.05. The summed E-state index contributed by atoms with van der Waals surface area (Å²) in [5.74, 6) is 0.578. The molecule has 2 aliphatic heterocycles. The number of likely N-dealkylation sites (tertiary alicyclic amines) is 1. The third-order valence-electron chi connectivity index (χ3n) is 6.51. The van der Waals surface area contributed by atoms with Gasteiger partial charge in [-0.25, -0.2) is 0 Å². The Morgan fingerprint density at radius 1 is 1.12 bits per heavy atom. The summed E-state index contributed by atoms with van der Waals surface area (Å²) in [5, 5.41) is 24.4. The Balaban J connectivity index is 0.00000259. The summed E-state index contributed by atoms with van der Waals surface area (Å²) in [7, 11) is 0. The number of nitrogens with zero attached hydrogens (tertiary/aromatic N) is 1. The number of ether oxygens (including phenoxy) is 1. The molecule has 0 radical (unpaired) electrons. The van der Waals surface area contributed by atoms with Crippen molar-refractivity contribution < 1.29 is 14.9 Å². The number of hydrogen-bond donors (Lipinski definition) is 4. The SMILES string of the molecule is Cl.OCCCOc1cc(-c2cc3cc(CN4CCCCC4)ccc3[nH]2)c2c(c1Cl)CNC2O. The van der Waals surface area contributed by atoms with Crippen molar-refractivity contribution >= 4 is 34.9 Å². The minimum Gasteiger partial charge on any atom is -0.492 e. The molecule has 1 aromatic heterocycles. The average molecular weight is 492 g/mol. The van der Waals surface area contributed by atoms with Gasteiger partial charge in [-0.3, -0.25) is 10.2 Å². The Labute approximate surface area is 205 Å². The molecule has 0 saturated carbocycles. The number of aromatic nitrogens is 1. The Kier molecular flexibility index (Phi) is 7.84. The van der Waals surface area contributed by atoms with Crippen LogP contribution in [-0.4, -0.2) is 46.4 Å². The summed E-state index contributed by atoms with van der Waals surface area (Å²) in [5.41, 5.74) is 5.85. The molecule has 0 amide bonds. The van der Waals surface area contributed by atoms with Crippen LogP contribution in [0.3, 0.4) is 0 Å². The van der Waals surface area contributed by atoms with Crippen LogP contribution in [-0.2, 0) is 13.1 Å². The quantitative estimate of drug-likeness (QED) is 0.358. The molecule has 3 aromatic rings. The fourth-order valence-corrected chi connectivity index (χ4v) is 5.14. The molecule has 2 aliphatic rings. The number of nitrogens with one attached hydrogen (secondary N) is 2. The number of benzene rings is 2. The maximum absolute atomic E-state index is 10.6. The lowest BCUT2D eigenvalue weighted by molar-refractivity contribution is 0.152. The summed E-state index contributed by atoms with van der Waals surface area (Å²) in [6, 6.07) is 10.6. The number of aromatic amines is 1. The van der Waals surface area contributed by atoms with Crippen LogP contribution in [0.4, 0.5) is 0 Å². The van der Waals surface area contributed by atoms with E-state index in [0.29, 0.717) is 30.3 Å². The van der Waals surface area contributed by atoms with E-state index in [9.17, 15) is 5.11 Å². The number of halogens is 2. The Bertz CT molecular complexity index is 1110. The molecule has 5 rings (SSSR count). The molecule has 4 N–H and O–H groups in total. The van der Waals surface area contributed by atoms with Crippen molar-refractivity contribution in [3.63, 3.8) is 0 Å². The van der Waals surface area contributed by atoms with E-state index in [4.69, 9.17) is 21.4 Å². The Morgan fingerprint density at radius 3 is 2.73 bits per heavy atom. The topological polar surface area (TPSA) is 80.8 Å². The van der Waals surface area contributed by atoms with E-state index in [1.54, 1.807) is 0 Å². The minimum absolute atomic E-state index is 0. The van der Waals surface area contributed by atoms with Gasteiger partial charge in [0.15, 0.2) is 0 Å². The normalized spacial score (nSPS) is 18.3. The summed E-state index contributed by atoms with van der Waals surface area (Å²) >= 11 is 6.60. The van der Waals surface area contributed by atoms with Gasteiger partial charge < -0.3 is 19.9 Å². The van der Waals surface area contributed by atoms with Crippen molar-refractivity contribution in [1.29, 1.82) is 0 Å². The van der Waals surface area contributed by atoms with Gasteiger partial charge in [-0.2, -0.15) is 0 Å². The van der Waals surface area contributed by atoms with Crippen LogP contribution in [0.5, 0.6) is 5.75 Å². The lowest BCUT2D eigenvalue weighted by atomic mass is 9.99. The van der Waals surface area contributed by atoms with Gasteiger partial charge in [0.05, 0.1) is 11.6 Å². The van der Waals surface area contributed by atoms with E-state index >= 15 is 0 Å². The summed E-state index contributed by atoms with van der Waals surface area (Å²) < 4.78 is 5.86. The second-order valence-electron chi connectivity index (χ2n) is 8.78. The van der Waals surface area contributed by atoms with Crippen molar-refractivity contribution in [2.45, 2.75) is 45.0 Å². The number of fused-ring (bicyclic) bond motifs is 2. The molecule has 1 unspecified atom stereocenters. The van der Waals surface area contributed by atoms with Crippen LogP contribution in [0.15, 0.2) is 30.3 Å². The monoisotopic (exact) mass is 491 g/mol. The average Bonchev–Trinajstić information content (AvgIpc) is 3.40. The maximum atomic E-state index is 10.6. The number of rotatable bonds is 7. The largest absolute Gasteiger partial charge is 0.492 e. The number of piperidine rings is 1. The van der Waals surface area contributed by atoms with E-state index in [-0.39, 0.29) is 19.0 Å². The Morgan fingerprint density at radius 2 is 1.94 bits per heavy atom. The van der Waals surface area contributed by atoms with Gasteiger partial charge in [-0.1, -0.05) is 24.1 Å². The zero-order valence-corrected chi connectivity index (χ0v) is 20.1. The number of aliphatic hydroxyl groups excluding tert-OH is 2. The molecule has 2 aromatic carbocycles. The van der Waals surface area contributed by atoms with E-state index in [1.165, 1.54) is 37.9 Å². The molecule has 0 bridgehead atoms. The first-order valence-electron chi connectivity index (χ1n) is 11.5. The molecule has 1 atom stereocenters. The van der Waals surface area contributed by atoms with Crippen molar-refractivity contribution in [3.8, 4) is 17.0 Å². The highest BCUT2D eigenvalue weighted by Crippen LogP contribution is 2.43. The highest BCUT2D eigenvalue weighted by Gasteiger charge is 2.29. The predicted octanol–water partition coefficient (Wildman–Crippen LogP) is 4.75. The minimum atomic E-state index is -0.773. The zero-order valence-electron chi connectivity index (χ0n) is 18.6. The van der Waals surface area contributed by atoms with Crippen LogP contribution in [0.2, 0.25) is 5.02 Å². The highest BCUT2D eigenvalue weighted by atomic mass is 35.5. The van der Waals surface area contributed by atoms with Crippen molar-refractivity contribution in [2.75, 3.05) is 26.3 Å². The van der Waals surface area contributed by atoms with Crippen molar-refractivity contribution in [3.05, 3.63) is 52.0 Å². The van der Waals surface area contributed by atoms with E-state index < -0.39 is 6.23 Å². The third kappa shape index (κ3) is 5.02. The van der Waals surface area contributed by atoms with Crippen LogP contribution < -0.4 is 10.1 Å². The molecular formula is C25H31Cl2N3O3. The van der Waals surface area contributed by atoms with Crippen molar-refractivity contribution in [2.24, 2.45) is 0 Å². The number of aliphatic hydroxyl groups is 2. The number of hydrogen-bond acceptors (Lipinski definition) is 5. The summed E-state index contributed by atoms with van der Waals surface area (Å²) in [6.45, 7) is 4.28. The smallest absolute Gasteiger partial charge is 0.138 e. The second-order valence-corrected chi connectivity index (χ2v) is 9.16. The standard InChI is InChI=1S/C25H30ClN3O3.ClH/c26-24-19-14-27-25(31)23(19)18(13-22(24)32-10-4-9-30)21-12-17-11-16(5-6-20(17)28-21)15-29-7-2-1-3-8-29;/h5-6,11-13,25,27-28,30-31H,1-4,7-10,14-15H2;1H. The lowest BCUT2D eigenvalue weighted by Crippen LogP contribution is -2.28. The Hall–Kier alpha value is -1.80. The fourth-order valence-electron chi connectivity index (χ4n) is 4.86. The zero-order chi connectivity index (χ0) is 22.1. The fraction of sp³-hybridized carbons (Fsp3) is 0.440. The van der Waals surface area contributed by atoms with Crippen molar-refractivity contribution in [1.82, 2.24) is 15.2 Å².